The lowest BCUT2D eigenvalue weighted by molar-refractivity contribution is -0.378. The summed E-state index contributed by atoms with van der Waals surface area (Å²) in [5, 5.41) is 98.0. The molecule has 54 heavy (non-hydrogen) atoms. The smallest absolute Gasteiger partial charge is 0.306 e. The van der Waals surface area contributed by atoms with Crippen molar-refractivity contribution < 1.29 is 80.7 Å². The fraction of sp³-hybridized carbons (Fsp3) is 0.895. The Hall–Kier alpha value is -1.96. The number of unbranched alkanes of at least 4 members (excludes halogenated alkanes) is 9. The van der Waals surface area contributed by atoms with Crippen LogP contribution in [0.3, 0.4) is 0 Å². The molecule has 9 N–H and O–H groups in total. The maximum atomic E-state index is 14.4. The summed E-state index contributed by atoms with van der Waals surface area (Å²) in [7, 11) is 0. The summed E-state index contributed by atoms with van der Waals surface area (Å²) in [6.07, 6.45) is -18.3. The van der Waals surface area contributed by atoms with E-state index in [2.05, 4.69) is 0 Å². The van der Waals surface area contributed by atoms with Crippen molar-refractivity contribution in [3.05, 3.63) is 0 Å². The van der Waals surface area contributed by atoms with Crippen molar-refractivity contribution in [2.45, 2.75) is 210 Å². The van der Waals surface area contributed by atoms with Crippen molar-refractivity contribution in [2.75, 3.05) is 6.61 Å². The molecule has 1 saturated heterocycles. The number of ketones is 3. The lowest BCUT2D eigenvalue weighted by Gasteiger charge is -2.55. The second kappa shape index (κ2) is 25.3. The van der Waals surface area contributed by atoms with E-state index in [1.54, 1.807) is 0 Å². The second-order valence-corrected chi connectivity index (χ2v) is 14.2. The van der Waals surface area contributed by atoms with Gasteiger partial charge < -0.3 is 60.2 Å². The molecule has 16 heteroatoms. The predicted molar refractivity (Wildman–Crippen MR) is 193 cm³/mol. The van der Waals surface area contributed by atoms with Gasteiger partial charge in [-0.2, -0.15) is 0 Å². The van der Waals surface area contributed by atoms with Gasteiger partial charge in [0.15, 0.2) is 35.3 Å². The van der Waals surface area contributed by atoms with Crippen molar-refractivity contribution >= 4 is 23.3 Å². The zero-order chi connectivity index (χ0) is 41.9. The first kappa shape index (κ1) is 48.2. The first-order chi connectivity index (χ1) is 25.9. The van der Waals surface area contributed by atoms with Crippen molar-refractivity contribution in [3.63, 3.8) is 0 Å². The number of rotatable bonds is 30. The second-order valence-electron chi connectivity index (χ2n) is 14.2. The normalized spacial score (nSPS) is 27.2. The van der Waals surface area contributed by atoms with E-state index in [0.717, 1.165) is 12.8 Å². The average molecular weight is 782 g/mol. The van der Waals surface area contributed by atoms with Gasteiger partial charge in [0.1, 0.15) is 36.6 Å². The topological polar surface area (TPSA) is 278 Å². The number of hydrogen-bond acceptors (Lipinski definition) is 16. The molecular weight excluding hydrogens is 712 g/mol. The van der Waals surface area contributed by atoms with Crippen LogP contribution in [0.2, 0.25) is 0 Å². The van der Waals surface area contributed by atoms with Crippen LogP contribution < -0.4 is 0 Å². The predicted octanol–water partition coefficient (Wildman–Crippen LogP) is 1.03. The standard InChI is InChI=1S/C38H68O16/c1-5-9-13-14-18-22-28(44)52-34-36(54-35(49)32(48)31(47)29(45)25(41)23-39)53-33(30(46)24(40)19-15-10-6-2)37(50,26(42)20-16-11-7-3)38(34,51)27(43)21-17-12-8-4/h25,29-36,39,41,45-51H,5-23H2,1-4H3/t25-,29+,30?,31-,32-,33+,34+,35?,36?,37+,38+/m0/s1/i22D/t22?,25-,29+,30?,31-,32-,33+,34+,35?,36?,37+,38+. The van der Waals surface area contributed by atoms with Gasteiger partial charge in [0.05, 0.1) is 6.61 Å². The highest BCUT2D eigenvalue weighted by Crippen LogP contribution is 2.45. The summed E-state index contributed by atoms with van der Waals surface area (Å²) in [6, 6.07) is 0. The molecule has 4 unspecified atom stereocenters. The van der Waals surface area contributed by atoms with Crippen molar-refractivity contribution in [1.29, 1.82) is 0 Å². The minimum atomic E-state index is -3.56. The monoisotopic (exact) mass is 781 g/mol. The van der Waals surface area contributed by atoms with Crippen LogP contribution in [-0.4, -0.2) is 142 Å². The highest BCUT2D eigenvalue weighted by atomic mass is 16.8. The van der Waals surface area contributed by atoms with Gasteiger partial charge in [-0.15, -0.1) is 0 Å². The van der Waals surface area contributed by atoms with E-state index >= 15 is 0 Å². The number of hydrogen-bond donors (Lipinski definition) is 9. The summed E-state index contributed by atoms with van der Waals surface area (Å²) in [5.74, 6) is -4.83. The summed E-state index contributed by atoms with van der Waals surface area (Å²) < 4.78 is 25.2. The van der Waals surface area contributed by atoms with E-state index in [1.165, 1.54) is 0 Å². The number of Topliss-reactive ketones (excluding diaryl/α,β-unsaturated/α-hetero) is 3. The number of esters is 1. The van der Waals surface area contributed by atoms with E-state index in [-0.39, 0.29) is 32.1 Å². The molecule has 0 spiro atoms. The van der Waals surface area contributed by atoms with E-state index < -0.39 is 116 Å². The molecule has 0 saturated carbocycles. The van der Waals surface area contributed by atoms with E-state index in [4.69, 9.17) is 15.6 Å². The zero-order valence-corrected chi connectivity index (χ0v) is 32.4. The van der Waals surface area contributed by atoms with Crippen molar-refractivity contribution in [2.24, 2.45) is 0 Å². The Morgan fingerprint density at radius 3 is 1.67 bits per heavy atom. The molecule has 0 bridgehead atoms. The molecule has 12 atom stereocenters. The summed E-state index contributed by atoms with van der Waals surface area (Å²) in [4.78, 5) is 55.5. The summed E-state index contributed by atoms with van der Waals surface area (Å²) in [6.45, 7) is 6.40. The molecule has 0 amide bonds. The van der Waals surface area contributed by atoms with Crippen molar-refractivity contribution in [1.82, 2.24) is 0 Å². The molecule has 1 rings (SSSR count). The molecule has 16 nitrogen and oxygen atoms in total. The van der Waals surface area contributed by atoms with Gasteiger partial charge in [0.2, 0.25) is 11.9 Å². The molecule has 1 heterocycles. The Kier molecular flexibility index (Phi) is 22.6. The average Bonchev–Trinajstić information content (AvgIpc) is 3.17. The minimum Gasteiger partial charge on any atom is -0.453 e. The number of carbonyl (C=O) groups is 4. The molecule has 1 aliphatic rings. The van der Waals surface area contributed by atoms with Crippen LogP contribution in [0.1, 0.15) is 145 Å². The Labute approximate surface area is 320 Å². The first-order valence-electron chi connectivity index (χ1n) is 20.2. The number of aliphatic hydroxyl groups excluding tert-OH is 7. The zero-order valence-electron chi connectivity index (χ0n) is 33.4. The van der Waals surface area contributed by atoms with Crippen LogP contribution in [0.15, 0.2) is 0 Å². The Bertz CT molecular complexity index is 1160. The number of ether oxygens (including phenoxy) is 3. The largest absolute Gasteiger partial charge is 0.453 e. The van der Waals surface area contributed by atoms with Gasteiger partial charge in [-0.25, -0.2) is 0 Å². The minimum absolute atomic E-state index is 0.0345. The van der Waals surface area contributed by atoms with Crippen LogP contribution >= 0.6 is 0 Å². The first-order valence-corrected chi connectivity index (χ1v) is 19.6. The van der Waals surface area contributed by atoms with Crippen LogP contribution in [0, 0.1) is 0 Å². The van der Waals surface area contributed by atoms with E-state index in [9.17, 15) is 65.1 Å². The van der Waals surface area contributed by atoms with Crippen LogP contribution in [-0.2, 0) is 33.4 Å². The fourth-order valence-electron chi connectivity index (χ4n) is 6.44. The molecule has 0 aromatic carbocycles. The number of carbonyl (C=O) groups excluding carboxylic acids is 4. The Morgan fingerprint density at radius 2 is 1.15 bits per heavy atom. The Morgan fingerprint density at radius 1 is 0.667 bits per heavy atom. The van der Waals surface area contributed by atoms with Crippen molar-refractivity contribution in [3.8, 4) is 0 Å². The molecule has 1 aliphatic heterocycles. The van der Waals surface area contributed by atoms with Gasteiger partial charge in [0, 0.05) is 27.0 Å². The maximum Gasteiger partial charge on any atom is 0.306 e. The van der Waals surface area contributed by atoms with Crippen LogP contribution in [0.5, 0.6) is 0 Å². The van der Waals surface area contributed by atoms with Gasteiger partial charge in [0.25, 0.3) is 0 Å². The fourth-order valence-corrected chi connectivity index (χ4v) is 6.44. The third kappa shape index (κ3) is 13.3. The molecule has 0 aromatic rings. The van der Waals surface area contributed by atoms with E-state index in [1.807, 2.05) is 27.7 Å². The molecular formula is C38H68O16. The maximum absolute atomic E-state index is 14.4. The lowest BCUT2D eigenvalue weighted by atomic mass is 9.64. The van der Waals surface area contributed by atoms with Gasteiger partial charge >= 0.3 is 5.97 Å². The molecule has 0 aliphatic carbocycles. The van der Waals surface area contributed by atoms with Gasteiger partial charge in [-0.1, -0.05) is 91.9 Å². The molecule has 316 valence electrons. The molecule has 1 fully saturated rings. The van der Waals surface area contributed by atoms with Crippen LogP contribution in [0.25, 0.3) is 0 Å². The summed E-state index contributed by atoms with van der Waals surface area (Å²) in [5.41, 5.74) is -7.05. The van der Waals surface area contributed by atoms with Crippen LogP contribution in [0.4, 0.5) is 0 Å². The number of aliphatic hydroxyl groups is 9. The highest BCUT2D eigenvalue weighted by Gasteiger charge is 2.74. The summed E-state index contributed by atoms with van der Waals surface area (Å²) >= 11 is 0. The highest BCUT2D eigenvalue weighted by molar-refractivity contribution is 6.01. The SMILES string of the molecule is [2H]C(CCCCCC)C(=O)O[C@@H]1C(OC(O)[C@@H](O)[C@@H](O)[C@H](O)[C@@H](O)CO)O[C@H](C(O)C(=O)CCCCC)[C@](O)(C(=O)CCCCC)[C@@]1(O)C(=O)CCCCC. The van der Waals surface area contributed by atoms with Gasteiger partial charge in [-0.3, -0.25) is 19.2 Å². The molecule has 0 aromatic heterocycles. The third-order valence-corrected chi connectivity index (χ3v) is 9.90. The lowest BCUT2D eigenvalue weighted by Crippen LogP contribution is -2.82. The van der Waals surface area contributed by atoms with E-state index in [0.29, 0.717) is 51.4 Å². The van der Waals surface area contributed by atoms with Gasteiger partial charge in [-0.05, 0) is 25.7 Å². The quantitative estimate of drug-likeness (QED) is 0.0280. The third-order valence-electron chi connectivity index (χ3n) is 9.90. The molecule has 0 radical (unpaired) electrons. The Balaban J connectivity index is 4.05.